The van der Waals surface area contributed by atoms with Gasteiger partial charge in [0, 0.05) is 18.7 Å². The van der Waals surface area contributed by atoms with Gasteiger partial charge in [0.25, 0.3) is 5.91 Å². The highest BCUT2D eigenvalue weighted by Gasteiger charge is 2.40. The fourth-order valence-corrected chi connectivity index (χ4v) is 3.75. The second-order valence-corrected chi connectivity index (χ2v) is 7.67. The molecule has 2 aliphatic rings. The van der Waals surface area contributed by atoms with Crippen molar-refractivity contribution in [2.75, 3.05) is 33.4 Å². The average molecular weight is 429 g/mol. The van der Waals surface area contributed by atoms with E-state index in [2.05, 4.69) is 4.74 Å². The zero-order valence-electron chi connectivity index (χ0n) is 17.4. The molecule has 31 heavy (non-hydrogen) atoms. The molecule has 0 N–H and O–H groups in total. The van der Waals surface area contributed by atoms with Crippen LogP contribution >= 0.6 is 0 Å². The fraction of sp³-hybridized carbons (Fsp3) is 0.391. The molecule has 8 heteroatoms. The van der Waals surface area contributed by atoms with Crippen molar-refractivity contribution in [3.05, 3.63) is 65.0 Å². The van der Waals surface area contributed by atoms with E-state index in [0.717, 1.165) is 0 Å². The van der Waals surface area contributed by atoms with E-state index in [1.54, 1.807) is 42.2 Å². The van der Waals surface area contributed by atoms with Crippen LogP contribution in [0.1, 0.15) is 26.3 Å². The van der Waals surface area contributed by atoms with Crippen LogP contribution in [0.3, 0.4) is 0 Å². The SMILES string of the molecule is COC(=O)c1ccc(OC2CO[C@H]3CN(C(=O)c4ccc(F)c(C)c4)C[C@@H]3OC2)cc1. The van der Waals surface area contributed by atoms with Gasteiger partial charge >= 0.3 is 5.97 Å². The molecule has 2 aliphatic heterocycles. The van der Waals surface area contributed by atoms with E-state index in [1.165, 1.54) is 19.2 Å². The molecule has 0 aromatic heterocycles. The standard InChI is InChI=1S/C23H24FNO6/c1-14-9-16(5-8-19(14)24)22(26)25-10-20-21(11-25)30-13-18(12-29-20)31-17-6-3-15(4-7-17)23(27)28-2/h3-9,18,20-21H,10-13H2,1-2H3/t20-,21-/m0/s1. The summed E-state index contributed by atoms with van der Waals surface area (Å²) in [7, 11) is 1.33. The zero-order valence-corrected chi connectivity index (χ0v) is 17.4. The Morgan fingerprint density at radius 3 is 2.19 bits per heavy atom. The van der Waals surface area contributed by atoms with Crippen molar-refractivity contribution < 1.29 is 32.9 Å². The molecule has 0 unspecified atom stereocenters. The summed E-state index contributed by atoms with van der Waals surface area (Å²) in [5.74, 6) is -0.307. The van der Waals surface area contributed by atoms with Gasteiger partial charge in [0.15, 0.2) is 0 Å². The fourth-order valence-electron chi connectivity index (χ4n) is 3.75. The van der Waals surface area contributed by atoms with E-state index in [4.69, 9.17) is 14.2 Å². The van der Waals surface area contributed by atoms with E-state index in [1.807, 2.05) is 0 Å². The van der Waals surface area contributed by atoms with Crippen molar-refractivity contribution in [2.45, 2.75) is 25.2 Å². The summed E-state index contributed by atoms with van der Waals surface area (Å²) in [4.78, 5) is 26.0. The van der Waals surface area contributed by atoms with Gasteiger partial charge in [-0.3, -0.25) is 4.79 Å². The number of hydrogen-bond donors (Lipinski definition) is 0. The lowest BCUT2D eigenvalue weighted by atomic mass is 10.1. The summed E-state index contributed by atoms with van der Waals surface area (Å²) in [6, 6.07) is 11.0. The summed E-state index contributed by atoms with van der Waals surface area (Å²) in [6.07, 6.45) is -0.805. The maximum absolute atomic E-state index is 13.5. The highest BCUT2D eigenvalue weighted by molar-refractivity contribution is 5.94. The molecule has 2 atom stereocenters. The van der Waals surface area contributed by atoms with Crippen molar-refractivity contribution in [3.63, 3.8) is 0 Å². The van der Waals surface area contributed by atoms with Crippen molar-refractivity contribution >= 4 is 11.9 Å². The quantitative estimate of drug-likeness (QED) is 0.696. The van der Waals surface area contributed by atoms with Gasteiger partial charge in [-0.25, -0.2) is 9.18 Å². The van der Waals surface area contributed by atoms with E-state index >= 15 is 0 Å². The first-order valence-electron chi connectivity index (χ1n) is 10.1. The lowest BCUT2D eigenvalue weighted by molar-refractivity contribution is -0.00461. The third kappa shape index (κ3) is 4.70. The van der Waals surface area contributed by atoms with Crippen LogP contribution < -0.4 is 4.74 Å². The molecule has 2 saturated heterocycles. The van der Waals surface area contributed by atoms with E-state index in [-0.39, 0.29) is 30.0 Å². The van der Waals surface area contributed by atoms with Crippen LogP contribution in [0, 0.1) is 12.7 Å². The van der Waals surface area contributed by atoms with Crippen molar-refractivity contribution in [1.82, 2.24) is 4.90 Å². The summed E-state index contributed by atoms with van der Waals surface area (Å²) in [5.41, 5.74) is 1.33. The first-order chi connectivity index (χ1) is 14.9. The number of rotatable bonds is 4. The molecule has 7 nitrogen and oxygen atoms in total. The normalized spacial score (nSPS) is 21.3. The molecule has 2 fully saturated rings. The molecule has 4 rings (SSSR count). The largest absolute Gasteiger partial charge is 0.486 e. The number of likely N-dealkylation sites (tertiary alicyclic amines) is 1. The number of methoxy groups -OCH3 is 1. The van der Waals surface area contributed by atoms with Gasteiger partial charge in [0.05, 0.1) is 25.9 Å². The molecule has 164 valence electrons. The van der Waals surface area contributed by atoms with Gasteiger partial charge in [0.1, 0.15) is 29.9 Å². The van der Waals surface area contributed by atoms with Gasteiger partial charge in [-0.15, -0.1) is 0 Å². The monoisotopic (exact) mass is 429 g/mol. The number of carbonyl (C=O) groups is 2. The Morgan fingerprint density at radius 2 is 1.61 bits per heavy atom. The molecule has 0 bridgehead atoms. The number of hydrogen-bond acceptors (Lipinski definition) is 6. The van der Waals surface area contributed by atoms with Crippen LogP contribution in [0.2, 0.25) is 0 Å². The molecule has 0 saturated carbocycles. The first-order valence-corrected chi connectivity index (χ1v) is 10.1. The van der Waals surface area contributed by atoms with Crippen LogP contribution in [0.5, 0.6) is 5.75 Å². The van der Waals surface area contributed by atoms with Gasteiger partial charge in [-0.05, 0) is 55.0 Å². The van der Waals surface area contributed by atoms with Crippen molar-refractivity contribution in [2.24, 2.45) is 0 Å². The molecule has 2 aromatic carbocycles. The number of nitrogens with zero attached hydrogens (tertiary/aromatic N) is 1. The number of carbonyl (C=O) groups excluding carboxylic acids is 2. The predicted molar refractivity (Wildman–Crippen MR) is 109 cm³/mol. The number of fused-ring (bicyclic) bond motifs is 1. The Labute approximate surface area is 179 Å². The Hall–Kier alpha value is -2.97. The molecular formula is C23H24FNO6. The number of aryl methyl sites for hydroxylation is 1. The van der Waals surface area contributed by atoms with E-state index < -0.39 is 5.97 Å². The Morgan fingerprint density at radius 1 is 1.00 bits per heavy atom. The van der Waals surface area contributed by atoms with Crippen LogP contribution in [-0.4, -0.2) is 68.5 Å². The maximum Gasteiger partial charge on any atom is 0.337 e. The zero-order chi connectivity index (χ0) is 22.0. The summed E-state index contributed by atoms with van der Waals surface area (Å²) in [5, 5.41) is 0. The van der Waals surface area contributed by atoms with Gasteiger partial charge in [0.2, 0.25) is 0 Å². The van der Waals surface area contributed by atoms with Crippen LogP contribution in [0.4, 0.5) is 4.39 Å². The lowest BCUT2D eigenvalue weighted by Gasteiger charge is -2.20. The summed E-state index contributed by atoms with van der Waals surface area (Å²) >= 11 is 0. The topological polar surface area (TPSA) is 74.3 Å². The second kappa shape index (κ2) is 9.03. The van der Waals surface area contributed by atoms with Gasteiger partial charge in [-0.2, -0.15) is 0 Å². The molecule has 2 aromatic rings. The minimum Gasteiger partial charge on any atom is -0.486 e. The van der Waals surface area contributed by atoms with Gasteiger partial charge in [-0.1, -0.05) is 0 Å². The maximum atomic E-state index is 13.5. The minimum atomic E-state index is -0.407. The predicted octanol–water partition coefficient (Wildman–Crippen LogP) is 2.61. The number of ether oxygens (including phenoxy) is 4. The molecule has 1 amide bonds. The van der Waals surface area contributed by atoms with Crippen molar-refractivity contribution in [1.29, 1.82) is 0 Å². The van der Waals surface area contributed by atoms with Crippen LogP contribution in [-0.2, 0) is 14.2 Å². The van der Waals surface area contributed by atoms with Crippen LogP contribution in [0.15, 0.2) is 42.5 Å². The molecule has 0 aliphatic carbocycles. The van der Waals surface area contributed by atoms with Gasteiger partial charge < -0.3 is 23.8 Å². The van der Waals surface area contributed by atoms with Crippen LogP contribution in [0.25, 0.3) is 0 Å². The molecule has 2 heterocycles. The number of amides is 1. The highest BCUT2D eigenvalue weighted by Crippen LogP contribution is 2.24. The van der Waals surface area contributed by atoms with Crippen molar-refractivity contribution in [3.8, 4) is 5.75 Å². The third-order valence-corrected chi connectivity index (χ3v) is 5.48. The molecule has 0 spiro atoms. The first kappa shape index (κ1) is 21.3. The molecular weight excluding hydrogens is 405 g/mol. The third-order valence-electron chi connectivity index (χ3n) is 5.48. The second-order valence-electron chi connectivity index (χ2n) is 7.67. The summed E-state index contributed by atoms with van der Waals surface area (Å²) in [6.45, 7) is 3.07. The van der Waals surface area contributed by atoms with E-state index in [9.17, 15) is 14.0 Å². The lowest BCUT2D eigenvalue weighted by Crippen LogP contribution is -2.33. The minimum absolute atomic E-state index is 0.165. The number of halogens is 1. The van der Waals surface area contributed by atoms with E-state index in [0.29, 0.717) is 48.7 Å². The number of benzene rings is 2. The Balaban J connectivity index is 1.32. The summed E-state index contributed by atoms with van der Waals surface area (Å²) < 4.78 is 36.0. The number of esters is 1. The average Bonchev–Trinajstić information content (AvgIpc) is 3.11. The smallest absolute Gasteiger partial charge is 0.337 e. The Bertz CT molecular complexity index is 947. The highest BCUT2D eigenvalue weighted by atomic mass is 19.1. The molecule has 0 radical (unpaired) electrons. The Kier molecular flexibility index (Phi) is 6.20.